The minimum Gasteiger partial charge on any atom is -0.496 e. The molecule has 0 aliphatic heterocycles. The van der Waals surface area contributed by atoms with E-state index in [2.05, 4.69) is 25.5 Å². The third kappa shape index (κ3) is 5.05. The zero-order chi connectivity index (χ0) is 16.0. The summed E-state index contributed by atoms with van der Waals surface area (Å²) in [6.07, 6.45) is 0.747. The number of hydrogen-bond acceptors (Lipinski definition) is 4. The summed E-state index contributed by atoms with van der Waals surface area (Å²) in [5, 5.41) is 10.4. The van der Waals surface area contributed by atoms with Crippen molar-refractivity contribution in [3.8, 4) is 5.75 Å². The fourth-order valence-electron chi connectivity index (χ4n) is 2.16. The first-order valence-corrected chi connectivity index (χ1v) is 7.23. The summed E-state index contributed by atoms with van der Waals surface area (Å²) in [7, 11) is 2.96. The van der Waals surface area contributed by atoms with Crippen LogP contribution < -0.4 is 4.74 Å². The smallest absolute Gasteiger partial charge is 0.305 e. The first-order chi connectivity index (χ1) is 9.79. The van der Waals surface area contributed by atoms with Gasteiger partial charge in [-0.25, -0.2) is 0 Å². The second kappa shape index (κ2) is 7.46. The second-order valence-electron chi connectivity index (χ2n) is 6.19. The van der Waals surface area contributed by atoms with E-state index in [0.717, 1.165) is 11.1 Å². The van der Waals surface area contributed by atoms with E-state index in [-0.39, 0.29) is 11.4 Å². The molecule has 0 aromatic heterocycles. The van der Waals surface area contributed by atoms with Crippen LogP contribution in [0.15, 0.2) is 18.2 Å². The molecule has 0 aliphatic rings. The molecule has 0 spiro atoms. The number of aliphatic hydroxyl groups is 1. The van der Waals surface area contributed by atoms with Crippen molar-refractivity contribution >= 4 is 5.97 Å². The second-order valence-corrected chi connectivity index (χ2v) is 6.19. The maximum Gasteiger partial charge on any atom is 0.305 e. The standard InChI is InChI=1S/C17H26O4/c1-17(2,3)12-9-10-15(20-4)13(11-12)14(18)7-6-8-16(19)21-5/h9-11,14,18H,6-8H2,1-5H3. The molecule has 0 aliphatic carbocycles. The zero-order valence-corrected chi connectivity index (χ0v) is 13.6. The molecule has 118 valence electrons. The van der Waals surface area contributed by atoms with Gasteiger partial charge >= 0.3 is 5.97 Å². The fraction of sp³-hybridized carbons (Fsp3) is 0.588. The third-order valence-electron chi connectivity index (χ3n) is 3.54. The van der Waals surface area contributed by atoms with E-state index in [0.29, 0.717) is 25.0 Å². The summed E-state index contributed by atoms with van der Waals surface area (Å²) < 4.78 is 9.93. The Kier molecular flexibility index (Phi) is 6.21. The van der Waals surface area contributed by atoms with Gasteiger partial charge in [0.25, 0.3) is 0 Å². The van der Waals surface area contributed by atoms with Crippen LogP contribution in [0.5, 0.6) is 5.75 Å². The van der Waals surface area contributed by atoms with Crippen molar-refractivity contribution in [2.24, 2.45) is 0 Å². The molecule has 0 saturated carbocycles. The Morgan fingerprint density at radius 3 is 2.48 bits per heavy atom. The lowest BCUT2D eigenvalue weighted by atomic mass is 9.85. The van der Waals surface area contributed by atoms with Crippen molar-refractivity contribution in [3.63, 3.8) is 0 Å². The first-order valence-electron chi connectivity index (χ1n) is 7.23. The molecule has 0 fully saturated rings. The minimum absolute atomic E-state index is 0.00670. The van der Waals surface area contributed by atoms with Crippen LogP contribution >= 0.6 is 0 Å². The van der Waals surface area contributed by atoms with Gasteiger partial charge in [-0.15, -0.1) is 0 Å². The Morgan fingerprint density at radius 2 is 1.95 bits per heavy atom. The van der Waals surface area contributed by atoms with E-state index < -0.39 is 6.10 Å². The number of carbonyl (C=O) groups is 1. The van der Waals surface area contributed by atoms with Gasteiger partial charge in [0.2, 0.25) is 0 Å². The normalized spacial score (nSPS) is 12.9. The van der Waals surface area contributed by atoms with Crippen molar-refractivity contribution in [1.82, 2.24) is 0 Å². The quantitative estimate of drug-likeness (QED) is 0.817. The molecular weight excluding hydrogens is 268 g/mol. The number of carbonyl (C=O) groups excluding carboxylic acids is 1. The molecule has 1 unspecified atom stereocenters. The summed E-state index contributed by atoms with van der Waals surface area (Å²) in [6, 6.07) is 5.89. The van der Waals surface area contributed by atoms with Gasteiger partial charge < -0.3 is 14.6 Å². The van der Waals surface area contributed by atoms with Crippen LogP contribution in [0.1, 0.15) is 57.3 Å². The van der Waals surface area contributed by atoms with E-state index >= 15 is 0 Å². The van der Waals surface area contributed by atoms with E-state index in [1.807, 2.05) is 18.2 Å². The number of hydrogen-bond donors (Lipinski definition) is 1. The summed E-state index contributed by atoms with van der Waals surface area (Å²) in [4.78, 5) is 11.1. The van der Waals surface area contributed by atoms with Crippen LogP contribution in [0, 0.1) is 0 Å². The molecule has 4 nitrogen and oxygen atoms in total. The summed E-state index contributed by atoms with van der Waals surface area (Å²) in [5.41, 5.74) is 1.92. The number of aliphatic hydroxyl groups excluding tert-OH is 1. The molecule has 4 heteroatoms. The monoisotopic (exact) mass is 294 g/mol. The maximum absolute atomic E-state index is 11.1. The number of ether oxygens (including phenoxy) is 2. The molecule has 21 heavy (non-hydrogen) atoms. The lowest BCUT2D eigenvalue weighted by Gasteiger charge is -2.22. The van der Waals surface area contributed by atoms with Crippen LogP contribution in [0.2, 0.25) is 0 Å². The number of rotatable bonds is 6. The Hall–Kier alpha value is -1.55. The van der Waals surface area contributed by atoms with E-state index in [1.165, 1.54) is 7.11 Å². The van der Waals surface area contributed by atoms with Gasteiger partial charge in [0.1, 0.15) is 5.75 Å². The number of benzene rings is 1. The van der Waals surface area contributed by atoms with Gasteiger partial charge in [-0.1, -0.05) is 26.8 Å². The average molecular weight is 294 g/mol. The van der Waals surface area contributed by atoms with E-state index in [1.54, 1.807) is 7.11 Å². The highest BCUT2D eigenvalue weighted by Crippen LogP contribution is 2.33. The highest BCUT2D eigenvalue weighted by molar-refractivity contribution is 5.69. The van der Waals surface area contributed by atoms with Crippen LogP contribution in [-0.2, 0) is 14.9 Å². The molecule has 1 rings (SSSR count). The fourth-order valence-corrected chi connectivity index (χ4v) is 2.16. The predicted octanol–water partition coefficient (Wildman–Crippen LogP) is 3.37. The molecule has 0 amide bonds. The summed E-state index contributed by atoms with van der Waals surface area (Å²) in [6.45, 7) is 6.38. The van der Waals surface area contributed by atoms with Crippen molar-refractivity contribution in [2.75, 3.05) is 14.2 Å². The minimum atomic E-state index is -0.646. The Balaban J connectivity index is 2.85. The lowest BCUT2D eigenvalue weighted by Crippen LogP contribution is -2.13. The van der Waals surface area contributed by atoms with Gasteiger partial charge in [0.15, 0.2) is 0 Å². The topological polar surface area (TPSA) is 55.8 Å². The summed E-state index contributed by atoms with van der Waals surface area (Å²) >= 11 is 0. The molecule has 1 aromatic rings. The maximum atomic E-state index is 11.1. The Bertz CT molecular complexity index is 474. The highest BCUT2D eigenvalue weighted by atomic mass is 16.5. The van der Waals surface area contributed by atoms with E-state index in [9.17, 15) is 9.90 Å². The third-order valence-corrected chi connectivity index (χ3v) is 3.54. The van der Waals surface area contributed by atoms with Gasteiger partial charge in [0.05, 0.1) is 20.3 Å². The molecule has 1 atom stereocenters. The highest BCUT2D eigenvalue weighted by Gasteiger charge is 2.19. The molecule has 0 saturated heterocycles. The van der Waals surface area contributed by atoms with Crippen molar-refractivity contribution in [2.45, 2.75) is 51.6 Å². The van der Waals surface area contributed by atoms with E-state index in [4.69, 9.17) is 4.74 Å². The average Bonchev–Trinajstić information content (AvgIpc) is 2.45. The first kappa shape index (κ1) is 17.5. The molecule has 1 N–H and O–H groups in total. The van der Waals surface area contributed by atoms with Gasteiger partial charge in [0, 0.05) is 12.0 Å². The Morgan fingerprint density at radius 1 is 1.29 bits per heavy atom. The van der Waals surface area contributed by atoms with Crippen LogP contribution in [-0.4, -0.2) is 25.3 Å². The Labute approximate surface area is 127 Å². The number of esters is 1. The van der Waals surface area contributed by atoms with Gasteiger partial charge in [-0.05, 0) is 36.0 Å². The van der Waals surface area contributed by atoms with Crippen molar-refractivity contribution < 1.29 is 19.4 Å². The van der Waals surface area contributed by atoms with Gasteiger partial charge in [-0.2, -0.15) is 0 Å². The van der Waals surface area contributed by atoms with Gasteiger partial charge in [-0.3, -0.25) is 4.79 Å². The predicted molar refractivity (Wildman–Crippen MR) is 82.5 cm³/mol. The van der Waals surface area contributed by atoms with Crippen molar-refractivity contribution in [1.29, 1.82) is 0 Å². The lowest BCUT2D eigenvalue weighted by molar-refractivity contribution is -0.140. The molecule has 0 heterocycles. The van der Waals surface area contributed by atoms with Crippen molar-refractivity contribution in [3.05, 3.63) is 29.3 Å². The summed E-state index contributed by atoms with van der Waals surface area (Å²) in [5.74, 6) is 0.422. The zero-order valence-electron chi connectivity index (χ0n) is 13.6. The molecular formula is C17H26O4. The molecule has 0 radical (unpaired) electrons. The largest absolute Gasteiger partial charge is 0.496 e. The molecule has 0 bridgehead atoms. The van der Waals surface area contributed by atoms with Crippen LogP contribution in [0.4, 0.5) is 0 Å². The number of methoxy groups -OCH3 is 2. The SMILES string of the molecule is COC(=O)CCCC(O)c1cc(C(C)(C)C)ccc1OC. The molecule has 1 aromatic carbocycles. The van der Waals surface area contributed by atoms with Crippen LogP contribution in [0.3, 0.4) is 0 Å². The van der Waals surface area contributed by atoms with Crippen LogP contribution in [0.25, 0.3) is 0 Å².